The van der Waals surface area contributed by atoms with E-state index in [9.17, 15) is 14.7 Å². The first-order chi connectivity index (χ1) is 9.65. The summed E-state index contributed by atoms with van der Waals surface area (Å²) in [5.74, 6) is -0.842. The number of carboxylic acid groups (broad SMARTS) is 1. The van der Waals surface area contributed by atoms with E-state index >= 15 is 0 Å². The summed E-state index contributed by atoms with van der Waals surface area (Å²) in [6.07, 6.45) is 9.47. The van der Waals surface area contributed by atoms with Crippen molar-refractivity contribution in [3.63, 3.8) is 0 Å². The Kier molecular flexibility index (Phi) is 8.07. The minimum Gasteiger partial charge on any atom is -0.480 e. The number of carboxylic acids is 1. The van der Waals surface area contributed by atoms with E-state index in [1.54, 1.807) is 0 Å². The van der Waals surface area contributed by atoms with Crippen LogP contribution in [0.25, 0.3) is 0 Å². The van der Waals surface area contributed by atoms with E-state index in [0.717, 1.165) is 44.9 Å². The largest absolute Gasteiger partial charge is 0.480 e. The lowest BCUT2D eigenvalue weighted by atomic mass is 9.84. The van der Waals surface area contributed by atoms with E-state index in [1.165, 1.54) is 12.8 Å². The first-order valence-electron chi connectivity index (χ1n) is 7.92. The number of unbranched alkanes of at least 4 members (excludes halogenated alkanes) is 3. The number of urea groups is 1. The normalized spacial score (nSPS) is 17.4. The van der Waals surface area contributed by atoms with Crippen LogP contribution >= 0.6 is 0 Å². The fraction of sp³-hybridized carbons (Fsp3) is 0.867. The van der Waals surface area contributed by atoms with Crippen LogP contribution in [0.3, 0.4) is 0 Å². The summed E-state index contributed by atoms with van der Waals surface area (Å²) in [5, 5.41) is 14.7. The van der Waals surface area contributed by atoms with Gasteiger partial charge in [0.2, 0.25) is 0 Å². The molecule has 1 saturated carbocycles. The van der Waals surface area contributed by atoms with Gasteiger partial charge in [-0.25, -0.2) is 9.59 Å². The van der Waals surface area contributed by atoms with E-state index < -0.39 is 12.0 Å². The molecule has 5 heteroatoms. The van der Waals surface area contributed by atoms with E-state index in [0.29, 0.717) is 6.54 Å². The Morgan fingerprint density at radius 3 is 2.45 bits per heavy atom. The summed E-state index contributed by atoms with van der Waals surface area (Å²) in [7, 11) is 0. The Balaban J connectivity index is 2.29. The van der Waals surface area contributed by atoms with Crippen molar-refractivity contribution in [2.45, 2.75) is 70.8 Å². The van der Waals surface area contributed by atoms with Gasteiger partial charge in [-0.15, -0.1) is 0 Å². The lowest BCUT2D eigenvalue weighted by Gasteiger charge is -2.28. The molecule has 1 aliphatic rings. The highest BCUT2D eigenvalue weighted by Crippen LogP contribution is 2.26. The Bertz CT molecular complexity index is 301. The van der Waals surface area contributed by atoms with E-state index in [2.05, 4.69) is 17.6 Å². The summed E-state index contributed by atoms with van der Waals surface area (Å²) in [4.78, 5) is 23.1. The molecule has 0 spiro atoms. The zero-order chi connectivity index (χ0) is 14.8. The van der Waals surface area contributed by atoms with Gasteiger partial charge in [0.1, 0.15) is 6.04 Å². The molecule has 1 unspecified atom stereocenters. The second-order valence-corrected chi connectivity index (χ2v) is 5.67. The van der Waals surface area contributed by atoms with Crippen LogP contribution in [0, 0.1) is 5.92 Å². The van der Waals surface area contributed by atoms with Gasteiger partial charge in [0.25, 0.3) is 0 Å². The molecule has 1 rings (SSSR count). The molecule has 0 bridgehead atoms. The van der Waals surface area contributed by atoms with Crippen LogP contribution in [0.2, 0.25) is 0 Å². The Labute approximate surface area is 121 Å². The molecule has 0 heterocycles. The predicted octanol–water partition coefficient (Wildman–Crippen LogP) is 2.90. The topological polar surface area (TPSA) is 78.4 Å². The van der Waals surface area contributed by atoms with Crippen LogP contribution in [0.5, 0.6) is 0 Å². The van der Waals surface area contributed by atoms with Crippen molar-refractivity contribution in [1.29, 1.82) is 0 Å². The highest BCUT2D eigenvalue weighted by Gasteiger charge is 2.30. The van der Waals surface area contributed by atoms with Crippen molar-refractivity contribution in [2.24, 2.45) is 5.92 Å². The fourth-order valence-electron chi connectivity index (χ4n) is 2.79. The molecule has 20 heavy (non-hydrogen) atoms. The van der Waals surface area contributed by atoms with Gasteiger partial charge < -0.3 is 15.7 Å². The van der Waals surface area contributed by atoms with Crippen molar-refractivity contribution < 1.29 is 14.7 Å². The van der Waals surface area contributed by atoms with Crippen molar-refractivity contribution in [3.05, 3.63) is 0 Å². The molecule has 116 valence electrons. The van der Waals surface area contributed by atoms with Crippen LogP contribution in [0.1, 0.15) is 64.7 Å². The maximum atomic E-state index is 11.7. The number of nitrogens with one attached hydrogen (secondary N) is 2. The van der Waals surface area contributed by atoms with Crippen molar-refractivity contribution in [3.8, 4) is 0 Å². The summed E-state index contributed by atoms with van der Waals surface area (Å²) in [6.45, 7) is 2.75. The monoisotopic (exact) mass is 284 g/mol. The number of amides is 2. The Hall–Kier alpha value is -1.26. The van der Waals surface area contributed by atoms with Crippen LogP contribution < -0.4 is 10.6 Å². The van der Waals surface area contributed by atoms with E-state index in [4.69, 9.17) is 0 Å². The van der Waals surface area contributed by atoms with Crippen LogP contribution in [0.15, 0.2) is 0 Å². The minimum absolute atomic E-state index is 0.0760. The molecule has 0 saturated heterocycles. The fourth-order valence-corrected chi connectivity index (χ4v) is 2.79. The molecule has 0 aromatic rings. The van der Waals surface area contributed by atoms with Gasteiger partial charge in [0.15, 0.2) is 0 Å². The van der Waals surface area contributed by atoms with E-state index in [1.807, 2.05) is 0 Å². The van der Waals surface area contributed by atoms with Gasteiger partial charge in [0, 0.05) is 6.54 Å². The molecule has 1 fully saturated rings. The van der Waals surface area contributed by atoms with Gasteiger partial charge in [-0.05, 0) is 25.2 Å². The van der Waals surface area contributed by atoms with Crippen LogP contribution in [0.4, 0.5) is 4.79 Å². The first-order valence-corrected chi connectivity index (χ1v) is 7.92. The van der Waals surface area contributed by atoms with E-state index in [-0.39, 0.29) is 11.9 Å². The number of aliphatic carboxylic acids is 1. The second kappa shape index (κ2) is 9.61. The van der Waals surface area contributed by atoms with Gasteiger partial charge in [-0.2, -0.15) is 0 Å². The number of hydrogen-bond donors (Lipinski definition) is 3. The Morgan fingerprint density at radius 2 is 1.85 bits per heavy atom. The molecule has 1 atom stereocenters. The third-order valence-electron chi connectivity index (χ3n) is 3.99. The minimum atomic E-state index is -0.918. The number of rotatable bonds is 8. The summed E-state index contributed by atoms with van der Waals surface area (Å²) >= 11 is 0. The van der Waals surface area contributed by atoms with Crippen molar-refractivity contribution in [1.82, 2.24) is 10.6 Å². The quantitative estimate of drug-likeness (QED) is 0.600. The molecule has 0 aromatic carbocycles. The number of carbonyl (C=O) groups excluding carboxylic acids is 1. The van der Waals surface area contributed by atoms with Crippen molar-refractivity contribution >= 4 is 12.0 Å². The third-order valence-corrected chi connectivity index (χ3v) is 3.99. The smallest absolute Gasteiger partial charge is 0.326 e. The SMILES string of the molecule is CCCCCCNC(=O)NC(C(=O)O)C1CCCCC1. The highest BCUT2D eigenvalue weighted by molar-refractivity contribution is 5.82. The molecule has 3 N–H and O–H groups in total. The molecule has 0 radical (unpaired) electrons. The Morgan fingerprint density at radius 1 is 1.15 bits per heavy atom. The lowest BCUT2D eigenvalue weighted by molar-refractivity contribution is -0.141. The zero-order valence-electron chi connectivity index (χ0n) is 12.5. The molecule has 0 aliphatic heterocycles. The standard InChI is InChI=1S/C15H28N2O3/c1-2-3-4-8-11-16-15(20)17-13(14(18)19)12-9-6-5-7-10-12/h12-13H,2-11H2,1H3,(H,18,19)(H2,16,17,20). The number of carbonyl (C=O) groups is 2. The maximum absolute atomic E-state index is 11.7. The number of hydrogen-bond acceptors (Lipinski definition) is 2. The molecule has 1 aliphatic carbocycles. The molecule has 5 nitrogen and oxygen atoms in total. The molecular weight excluding hydrogens is 256 g/mol. The highest BCUT2D eigenvalue weighted by atomic mass is 16.4. The van der Waals surface area contributed by atoms with Gasteiger partial charge in [-0.3, -0.25) is 0 Å². The van der Waals surface area contributed by atoms with Gasteiger partial charge in [-0.1, -0.05) is 45.4 Å². The van der Waals surface area contributed by atoms with Crippen LogP contribution in [-0.2, 0) is 4.79 Å². The molecule has 2 amide bonds. The predicted molar refractivity (Wildman–Crippen MR) is 78.7 cm³/mol. The summed E-state index contributed by atoms with van der Waals surface area (Å²) < 4.78 is 0. The lowest BCUT2D eigenvalue weighted by Crippen LogP contribution is -2.50. The molecule has 0 aromatic heterocycles. The maximum Gasteiger partial charge on any atom is 0.326 e. The summed E-state index contributed by atoms with van der Waals surface area (Å²) in [5.41, 5.74) is 0. The average Bonchev–Trinajstić information content (AvgIpc) is 2.45. The third kappa shape index (κ3) is 6.26. The van der Waals surface area contributed by atoms with Gasteiger partial charge >= 0.3 is 12.0 Å². The van der Waals surface area contributed by atoms with Crippen molar-refractivity contribution in [2.75, 3.05) is 6.54 Å². The van der Waals surface area contributed by atoms with Gasteiger partial charge in [0.05, 0.1) is 0 Å². The molecular formula is C15H28N2O3. The average molecular weight is 284 g/mol. The second-order valence-electron chi connectivity index (χ2n) is 5.67. The summed E-state index contributed by atoms with van der Waals surface area (Å²) in [6, 6.07) is -1.09. The van der Waals surface area contributed by atoms with Crippen LogP contribution in [-0.4, -0.2) is 29.7 Å². The first kappa shape index (κ1) is 16.8. The zero-order valence-corrected chi connectivity index (χ0v) is 12.5.